The fourth-order valence-electron chi connectivity index (χ4n) is 2.76. The number of rotatable bonds is 9. The van der Waals surface area contributed by atoms with Gasteiger partial charge in [0.2, 0.25) is 0 Å². The highest BCUT2D eigenvalue weighted by molar-refractivity contribution is 5.86. The Balaban J connectivity index is 2.49. The first-order valence-corrected chi connectivity index (χ1v) is 8.44. The van der Waals surface area contributed by atoms with Crippen molar-refractivity contribution in [2.75, 3.05) is 26.1 Å². The zero-order valence-electron chi connectivity index (χ0n) is 15.5. The number of carbonyl (C=O) groups excluding carboxylic acids is 1. The summed E-state index contributed by atoms with van der Waals surface area (Å²) in [6, 6.07) is 14.7. The summed E-state index contributed by atoms with van der Waals surface area (Å²) >= 11 is 0. The Morgan fingerprint density at radius 3 is 2.04 bits per heavy atom. The summed E-state index contributed by atoms with van der Waals surface area (Å²) < 4.78 is 15.8. The first-order valence-electron chi connectivity index (χ1n) is 8.44. The zero-order chi connectivity index (χ0) is 19.0. The van der Waals surface area contributed by atoms with Gasteiger partial charge in [-0.05, 0) is 48.9 Å². The smallest absolute Gasteiger partial charge is 0.336 e. The van der Waals surface area contributed by atoms with Crippen LogP contribution in [0.4, 0.5) is 5.69 Å². The van der Waals surface area contributed by atoms with Gasteiger partial charge in [0.15, 0.2) is 5.54 Å². The maximum atomic E-state index is 12.9. The third-order valence-corrected chi connectivity index (χ3v) is 4.10. The average Bonchev–Trinajstić information content (AvgIpc) is 2.68. The van der Waals surface area contributed by atoms with Gasteiger partial charge in [-0.2, -0.15) is 0 Å². The molecule has 0 fully saturated rings. The maximum absolute atomic E-state index is 12.9. The standard InChI is InChI=1S/C21H25NO4/c1-5-15-21(20(23)26-6-2,16-7-11-18(24-3)12-8-16)22-17-9-13-19(25-4)14-10-17/h5,7-14,22H,1,6,15H2,2-4H3. The van der Waals surface area contributed by atoms with Crippen LogP contribution in [0.1, 0.15) is 18.9 Å². The number of hydrogen-bond donors (Lipinski definition) is 1. The van der Waals surface area contributed by atoms with E-state index in [9.17, 15) is 4.79 Å². The second-order valence-corrected chi connectivity index (χ2v) is 5.70. The Morgan fingerprint density at radius 1 is 1.04 bits per heavy atom. The molecule has 0 amide bonds. The van der Waals surface area contributed by atoms with E-state index < -0.39 is 5.54 Å². The summed E-state index contributed by atoms with van der Waals surface area (Å²) in [4.78, 5) is 12.9. The molecule has 26 heavy (non-hydrogen) atoms. The highest BCUT2D eigenvalue weighted by Gasteiger charge is 2.41. The van der Waals surface area contributed by atoms with Crippen molar-refractivity contribution in [1.82, 2.24) is 0 Å². The van der Waals surface area contributed by atoms with Crippen LogP contribution in [0.3, 0.4) is 0 Å². The second kappa shape index (κ2) is 8.94. The van der Waals surface area contributed by atoms with Crippen LogP contribution >= 0.6 is 0 Å². The quantitative estimate of drug-likeness (QED) is 0.541. The van der Waals surface area contributed by atoms with Crippen molar-refractivity contribution >= 4 is 11.7 Å². The van der Waals surface area contributed by atoms with Crippen LogP contribution in [0.2, 0.25) is 0 Å². The van der Waals surface area contributed by atoms with Gasteiger partial charge in [-0.25, -0.2) is 4.79 Å². The number of nitrogens with one attached hydrogen (secondary N) is 1. The van der Waals surface area contributed by atoms with Gasteiger partial charge in [0, 0.05) is 12.1 Å². The maximum Gasteiger partial charge on any atom is 0.336 e. The van der Waals surface area contributed by atoms with Crippen LogP contribution in [0.15, 0.2) is 61.2 Å². The van der Waals surface area contributed by atoms with E-state index in [0.29, 0.717) is 6.42 Å². The molecule has 0 saturated carbocycles. The molecule has 2 aromatic rings. The molecule has 0 aliphatic heterocycles. The molecule has 0 aliphatic rings. The van der Waals surface area contributed by atoms with Gasteiger partial charge in [-0.1, -0.05) is 18.2 Å². The van der Waals surface area contributed by atoms with Crippen LogP contribution in [-0.2, 0) is 15.1 Å². The number of esters is 1. The lowest BCUT2D eigenvalue weighted by atomic mass is 9.86. The molecule has 1 unspecified atom stereocenters. The van der Waals surface area contributed by atoms with Crippen molar-refractivity contribution in [1.29, 1.82) is 0 Å². The van der Waals surface area contributed by atoms with Crippen molar-refractivity contribution in [3.05, 3.63) is 66.7 Å². The highest BCUT2D eigenvalue weighted by Crippen LogP contribution is 2.33. The molecule has 0 bridgehead atoms. The Bertz CT molecular complexity index is 725. The first-order chi connectivity index (χ1) is 12.6. The summed E-state index contributed by atoms with van der Waals surface area (Å²) in [5.74, 6) is 1.10. The minimum Gasteiger partial charge on any atom is -0.497 e. The van der Waals surface area contributed by atoms with E-state index in [4.69, 9.17) is 14.2 Å². The number of benzene rings is 2. The van der Waals surface area contributed by atoms with Gasteiger partial charge >= 0.3 is 5.97 Å². The monoisotopic (exact) mass is 355 g/mol. The lowest BCUT2D eigenvalue weighted by molar-refractivity contribution is -0.149. The molecule has 0 aliphatic carbocycles. The van der Waals surface area contributed by atoms with Crippen molar-refractivity contribution in [2.24, 2.45) is 0 Å². The predicted octanol–water partition coefficient (Wildman–Crippen LogP) is 4.15. The summed E-state index contributed by atoms with van der Waals surface area (Å²) in [5, 5.41) is 3.34. The van der Waals surface area contributed by atoms with Crippen LogP contribution < -0.4 is 14.8 Å². The molecule has 0 aromatic heterocycles. The lowest BCUT2D eigenvalue weighted by Crippen LogP contribution is -2.44. The van der Waals surface area contributed by atoms with E-state index in [-0.39, 0.29) is 12.6 Å². The second-order valence-electron chi connectivity index (χ2n) is 5.70. The molecule has 0 spiro atoms. The van der Waals surface area contributed by atoms with E-state index in [1.54, 1.807) is 27.2 Å². The zero-order valence-corrected chi connectivity index (χ0v) is 15.5. The summed E-state index contributed by atoms with van der Waals surface area (Å²) in [7, 11) is 3.22. The third-order valence-electron chi connectivity index (χ3n) is 4.10. The third kappa shape index (κ3) is 4.17. The molecule has 5 nitrogen and oxygen atoms in total. The molecule has 1 atom stereocenters. The lowest BCUT2D eigenvalue weighted by Gasteiger charge is -2.33. The van der Waals surface area contributed by atoms with Gasteiger partial charge in [0.25, 0.3) is 0 Å². The van der Waals surface area contributed by atoms with E-state index in [1.807, 2.05) is 48.5 Å². The van der Waals surface area contributed by atoms with Crippen LogP contribution in [0, 0.1) is 0 Å². The number of ether oxygens (including phenoxy) is 3. The average molecular weight is 355 g/mol. The highest BCUT2D eigenvalue weighted by atomic mass is 16.5. The van der Waals surface area contributed by atoms with Crippen LogP contribution in [0.25, 0.3) is 0 Å². The van der Waals surface area contributed by atoms with Crippen molar-refractivity contribution in [2.45, 2.75) is 18.9 Å². The SMILES string of the molecule is C=CCC(Nc1ccc(OC)cc1)(C(=O)OCC)c1ccc(OC)cc1. The van der Waals surface area contributed by atoms with Crippen LogP contribution in [0.5, 0.6) is 11.5 Å². The largest absolute Gasteiger partial charge is 0.497 e. The normalized spacial score (nSPS) is 12.6. The van der Waals surface area contributed by atoms with Crippen molar-refractivity contribution < 1.29 is 19.0 Å². The molecule has 0 saturated heterocycles. The Labute approximate surface area is 154 Å². The predicted molar refractivity (Wildman–Crippen MR) is 103 cm³/mol. The van der Waals surface area contributed by atoms with Crippen LogP contribution in [-0.4, -0.2) is 26.8 Å². The summed E-state index contributed by atoms with van der Waals surface area (Å²) in [6.45, 7) is 5.90. The van der Waals surface area contributed by atoms with E-state index in [0.717, 1.165) is 22.7 Å². The molecular weight excluding hydrogens is 330 g/mol. The number of methoxy groups -OCH3 is 2. The molecular formula is C21H25NO4. The minimum absolute atomic E-state index is 0.290. The topological polar surface area (TPSA) is 56.8 Å². The molecule has 5 heteroatoms. The molecule has 2 rings (SSSR count). The van der Waals surface area contributed by atoms with Gasteiger partial charge in [0.1, 0.15) is 11.5 Å². The van der Waals surface area contributed by atoms with Gasteiger partial charge in [-0.15, -0.1) is 6.58 Å². The van der Waals surface area contributed by atoms with E-state index in [2.05, 4.69) is 11.9 Å². The Morgan fingerprint density at radius 2 is 1.58 bits per heavy atom. The Kier molecular flexibility index (Phi) is 6.67. The minimum atomic E-state index is -1.08. The Hall–Kier alpha value is -2.95. The fraction of sp³-hybridized carbons (Fsp3) is 0.286. The van der Waals surface area contributed by atoms with Gasteiger partial charge in [0.05, 0.1) is 20.8 Å². The first kappa shape index (κ1) is 19.4. The number of anilines is 1. The van der Waals surface area contributed by atoms with Gasteiger partial charge in [-0.3, -0.25) is 0 Å². The summed E-state index contributed by atoms with van der Waals surface area (Å²) in [5.41, 5.74) is 0.461. The van der Waals surface area contributed by atoms with Crippen molar-refractivity contribution in [3.63, 3.8) is 0 Å². The fourth-order valence-corrected chi connectivity index (χ4v) is 2.76. The molecule has 2 aromatic carbocycles. The molecule has 0 heterocycles. The number of carbonyl (C=O) groups is 1. The van der Waals surface area contributed by atoms with Crippen molar-refractivity contribution in [3.8, 4) is 11.5 Å². The molecule has 1 N–H and O–H groups in total. The van der Waals surface area contributed by atoms with E-state index in [1.165, 1.54) is 0 Å². The molecule has 138 valence electrons. The molecule has 0 radical (unpaired) electrons. The number of hydrogen-bond acceptors (Lipinski definition) is 5. The van der Waals surface area contributed by atoms with E-state index >= 15 is 0 Å². The summed E-state index contributed by atoms with van der Waals surface area (Å²) in [6.07, 6.45) is 2.07. The van der Waals surface area contributed by atoms with Gasteiger partial charge < -0.3 is 19.5 Å².